The molecule has 0 aliphatic carbocycles. The third-order valence-corrected chi connectivity index (χ3v) is 7.85. The average molecular weight is 502 g/mol. The molecule has 188 valence electrons. The lowest BCUT2D eigenvalue weighted by atomic mass is 10.0. The maximum atomic E-state index is 13.5. The van der Waals surface area contributed by atoms with E-state index in [-0.39, 0.29) is 48.8 Å². The van der Waals surface area contributed by atoms with E-state index in [1.54, 1.807) is 44.6 Å². The number of carbonyl (C=O) groups excluding carboxylic acids is 1. The minimum atomic E-state index is -3.96. The number of ether oxygens (including phenoxy) is 2. The van der Waals surface area contributed by atoms with Crippen LogP contribution in [0.4, 0.5) is 0 Å². The fraction of sp³-hybridized carbons (Fsp3) is 0.440. The number of aliphatic hydroxyl groups is 1. The number of fused-ring (bicyclic) bond motifs is 1. The lowest BCUT2D eigenvalue weighted by Crippen LogP contribution is -2.50. The van der Waals surface area contributed by atoms with Gasteiger partial charge in [-0.05, 0) is 37.3 Å². The van der Waals surface area contributed by atoms with E-state index in [9.17, 15) is 18.3 Å². The molecule has 0 radical (unpaired) electrons. The van der Waals surface area contributed by atoms with Crippen molar-refractivity contribution in [1.29, 1.82) is 0 Å². The monoisotopic (exact) mass is 501 g/mol. The van der Waals surface area contributed by atoms with Gasteiger partial charge in [0.1, 0.15) is 23.4 Å². The Hall–Kier alpha value is -2.97. The van der Waals surface area contributed by atoms with Crippen molar-refractivity contribution < 1.29 is 27.8 Å². The minimum absolute atomic E-state index is 0.00695. The van der Waals surface area contributed by atoms with Crippen LogP contribution in [0.5, 0.6) is 5.75 Å². The van der Waals surface area contributed by atoms with Crippen LogP contribution in [0.3, 0.4) is 0 Å². The third-order valence-electron chi connectivity index (χ3n) is 5.83. The van der Waals surface area contributed by atoms with Crippen molar-refractivity contribution in [1.82, 2.24) is 14.2 Å². The topological polar surface area (TPSA) is 109 Å². The maximum Gasteiger partial charge on any atom is 0.248 e. The van der Waals surface area contributed by atoms with E-state index in [2.05, 4.69) is 16.8 Å². The van der Waals surface area contributed by atoms with Crippen LogP contribution in [0.2, 0.25) is 0 Å². The highest BCUT2D eigenvalue weighted by atomic mass is 32.2. The van der Waals surface area contributed by atoms with Crippen LogP contribution in [0.25, 0.3) is 0 Å². The Kier molecular flexibility index (Phi) is 8.86. The summed E-state index contributed by atoms with van der Waals surface area (Å²) in [5.41, 5.74) is 1.29. The van der Waals surface area contributed by atoms with Crippen LogP contribution in [-0.2, 0) is 19.6 Å². The van der Waals surface area contributed by atoms with Crippen LogP contribution >= 0.6 is 0 Å². The number of rotatable bonds is 6. The number of aromatic nitrogens is 1. The van der Waals surface area contributed by atoms with Crippen LogP contribution in [0.1, 0.15) is 25.0 Å². The van der Waals surface area contributed by atoms with Crippen molar-refractivity contribution >= 4 is 15.9 Å². The standard InChI is InChI=1S/C25H31N3O6S/c1-18-14-28(19(2)16-29)35(31,32)24-10-9-20(7-8-21-6-5-11-26-13-21)12-22(24)34-23(18)15-27(3)25(30)17-33-4/h5-6,9-13,18-19,23,29H,14-17H2,1-4H3/t18-,19+,23-/m1/s1. The summed E-state index contributed by atoms with van der Waals surface area (Å²) >= 11 is 0. The van der Waals surface area contributed by atoms with E-state index in [4.69, 9.17) is 9.47 Å². The van der Waals surface area contributed by atoms with Crippen LogP contribution < -0.4 is 4.74 Å². The van der Waals surface area contributed by atoms with Crippen molar-refractivity contribution in [3.05, 3.63) is 53.9 Å². The molecule has 2 heterocycles. The summed E-state index contributed by atoms with van der Waals surface area (Å²) in [7, 11) is -0.859. The second-order valence-electron chi connectivity index (χ2n) is 8.60. The predicted octanol–water partition coefficient (Wildman–Crippen LogP) is 1.35. The first-order valence-electron chi connectivity index (χ1n) is 11.3. The first-order valence-corrected chi connectivity index (χ1v) is 12.7. The number of pyridine rings is 1. The molecular weight excluding hydrogens is 470 g/mol. The van der Waals surface area contributed by atoms with Gasteiger partial charge in [0.25, 0.3) is 0 Å². The molecule has 0 unspecified atom stereocenters. The molecule has 1 amide bonds. The third kappa shape index (κ3) is 6.38. The molecule has 1 aliphatic rings. The molecule has 0 saturated heterocycles. The predicted molar refractivity (Wildman–Crippen MR) is 130 cm³/mol. The Balaban J connectivity index is 2.04. The zero-order valence-corrected chi connectivity index (χ0v) is 21.2. The zero-order chi connectivity index (χ0) is 25.6. The molecule has 0 fully saturated rings. The molecule has 1 N–H and O–H groups in total. The Morgan fingerprint density at radius 3 is 2.74 bits per heavy atom. The molecule has 35 heavy (non-hydrogen) atoms. The number of hydrogen-bond acceptors (Lipinski definition) is 7. The fourth-order valence-corrected chi connectivity index (χ4v) is 5.53. The van der Waals surface area contributed by atoms with Gasteiger partial charge in [-0.25, -0.2) is 8.42 Å². The van der Waals surface area contributed by atoms with Gasteiger partial charge in [-0.1, -0.05) is 18.8 Å². The molecular formula is C25H31N3O6S. The molecule has 0 saturated carbocycles. The van der Waals surface area contributed by atoms with Gasteiger partial charge in [-0.15, -0.1) is 0 Å². The van der Waals surface area contributed by atoms with Crippen LogP contribution in [-0.4, -0.2) is 86.2 Å². The van der Waals surface area contributed by atoms with Crippen molar-refractivity contribution in [3.63, 3.8) is 0 Å². The summed E-state index contributed by atoms with van der Waals surface area (Å²) in [5, 5.41) is 9.75. The highest BCUT2D eigenvalue weighted by molar-refractivity contribution is 7.89. The second-order valence-corrected chi connectivity index (χ2v) is 10.5. The van der Waals surface area contributed by atoms with Gasteiger partial charge < -0.3 is 19.5 Å². The van der Waals surface area contributed by atoms with Crippen molar-refractivity contribution in [2.75, 3.05) is 40.5 Å². The Morgan fingerprint density at radius 2 is 2.09 bits per heavy atom. The lowest BCUT2D eigenvalue weighted by Gasteiger charge is -2.37. The van der Waals surface area contributed by atoms with Gasteiger partial charge in [0.2, 0.25) is 15.9 Å². The minimum Gasteiger partial charge on any atom is -0.487 e. The number of benzene rings is 1. The van der Waals surface area contributed by atoms with E-state index in [1.165, 1.54) is 22.4 Å². The summed E-state index contributed by atoms with van der Waals surface area (Å²) < 4.78 is 39.6. The molecule has 3 rings (SSSR count). The van der Waals surface area contributed by atoms with Crippen LogP contribution in [0.15, 0.2) is 47.6 Å². The van der Waals surface area contributed by atoms with E-state index in [1.807, 2.05) is 13.0 Å². The first-order chi connectivity index (χ1) is 16.7. The molecule has 0 spiro atoms. The molecule has 1 aliphatic heterocycles. The molecule has 2 aromatic rings. The number of hydrogen-bond donors (Lipinski definition) is 1. The normalized spacial score (nSPS) is 20.3. The van der Waals surface area contributed by atoms with Gasteiger partial charge in [0, 0.05) is 56.2 Å². The number of carbonyl (C=O) groups is 1. The first kappa shape index (κ1) is 26.6. The lowest BCUT2D eigenvalue weighted by molar-refractivity contribution is -0.135. The highest BCUT2D eigenvalue weighted by Gasteiger charge is 2.38. The van der Waals surface area contributed by atoms with Crippen molar-refractivity contribution in [3.8, 4) is 17.6 Å². The molecule has 9 nitrogen and oxygen atoms in total. The van der Waals surface area contributed by atoms with Gasteiger partial charge >= 0.3 is 0 Å². The number of sulfonamides is 1. The van der Waals surface area contributed by atoms with Crippen molar-refractivity contribution in [2.24, 2.45) is 5.92 Å². The van der Waals surface area contributed by atoms with E-state index < -0.39 is 22.2 Å². The number of aliphatic hydroxyl groups excluding tert-OH is 1. The molecule has 1 aromatic carbocycles. The van der Waals surface area contributed by atoms with E-state index in [0.717, 1.165) is 5.56 Å². The zero-order valence-electron chi connectivity index (χ0n) is 20.3. The Morgan fingerprint density at radius 1 is 1.34 bits per heavy atom. The van der Waals surface area contributed by atoms with Gasteiger partial charge in [-0.3, -0.25) is 9.78 Å². The smallest absolute Gasteiger partial charge is 0.248 e. The summed E-state index contributed by atoms with van der Waals surface area (Å²) in [6.07, 6.45) is 2.79. The second kappa shape index (κ2) is 11.6. The number of methoxy groups -OCH3 is 1. The largest absolute Gasteiger partial charge is 0.487 e. The van der Waals surface area contributed by atoms with Gasteiger partial charge in [-0.2, -0.15) is 4.31 Å². The Bertz CT molecular complexity index is 1190. The van der Waals surface area contributed by atoms with E-state index >= 15 is 0 Å². The Labute approximate surface area is 206 Å². The summed E-state index contributed by atoms with van der Waals surface area (Å²) in [6, 6.07) is 7.67. The van der Waals surface area contributed by atoms with E-state index in [0.29, 0.717) is 5.56 Å². The quantitative estimate of drug-likeness (QED) is 0.595. The average Bonchev–Trinajstić information content (AvgIpc) is 2.85. The molecule has 10 heteroatoms. The summed E-state index contributed by atoms with van der Waals surface area (Å²) in [6.45, 7) is 3.49. The van der Waals surface area contributed by atoms with Crippen LogP contribution in [0, 0.1) is 17.8 Å². The fourth-order valence-electron chi connectivity index (χ4n) is 3.71. The van der Waals surface area contributed by atoms with Gasteiger partial charge in [0.05, 0.1) is 13.2 Å². The summed E-state index contributed by atoms with van der Waals surface area (Å²) in [5.74, 6) is 5.69. The van der Waals surface area contributed by atoms with Gasteiger partial charge in [0.15, 0.2) is 0 Å². The SMILES string of the molecule is COCC(=O)N(C)C[C@H]1Oc2cc(C#Cc3cccnc3)ccc2S(=O)(=O)N([C@@H](C)CO)C[C@H]1C. The maximum absolute atomic E-state index is 13.5. The molecule has 0 bridgehead atoms. The molecule has 3 atom stereocenters. The van der Waals surface area contributed by atoms with Crippen molar-refractivity contribution in [2.45, 2.75) is 30.9 Å². The number of amides is 1. The molecule has 1 aromatic heterocycles. The number of likely N-dealkylation sites (N-methyl/N-ethyl adjacent to an activating group) is 1. The highest BCUT2D eigenvalue weighted by Crippen LogP contribution is 2.34. The summed E-state index contributed by atoms with van der Waals surface area (Å²) in [4.78, 5) is 17.8. The number of nitrogens with zero attached hydrogens (tertiary/aromatic N) is 3.